The van der Waals surface area contributed by atoms with Crippen molar-refractivity contribution in [3.05, 3.63) is 46.3 Å². The predicted octanol–water partition coefficient (Wildman–Crippen LogP) is 2.16. The van der Waals surface area contributed by atoms with Crippen LogP contribution in [0.15, 0.2) is 23.1 Å². The number of nitrogens with zero attached hydrogens (tertiary/aromatic N) is 4. The van der Waals surface area contributed by atoms with Gasteiger partial charge in [0.1, 0.15) is 0 Å². The van der Waals surface area contributed by atoms with E-state index in [0.717, 1.165) is 36.5 Å². The van der Waals surface area contributed by atoms with Crippen molar-refractivity contribution in [2.45, 2.75) is 39.1 Å². The van der Waals surface area contributed by atoms with E-state index < -0.39 is 10.0 Å². The number of benzene rings is 1. The minimum absolute atomic E-state index is 0.426. The van der Waals surface area contributed by atoms with Crippen molar-refractivity contribution >= 4 is 10.0 Å². The van der Waals surface area contributed by atoms with E-state index in [1.54, 1.807) is 10.4 Å². The van der Waals surface area contributed by atoms with Crippen molar-refractivity contribution in [2.75, 3.05) is 26.2 Å². The average Bonchev–Trinajstić information content (AvgIpc) is 2.81. The second kappa shape index (κ2) is 7.13. The second-order valence-electron chi connectivity index (χ2n) is 7.22. The Morgan fingerprint density at radius 2 is 1.69 bits per heavy atom. The highest BCUT2D eigenvalue weighted by molar-refractivity contribution is 7.89. The van der Waals surface area contributed by atoms with Gasteiger partial charge in [0.15, 0.2) is 0 Å². The number of aryl methyl sites for hydroxylation is 4. The largest absolute Gasteiger partial charge is 0.296 e. The van der Waals surface area contributed by atoms with Crippen LogP contribution in [0, 0.1) is 27.7 Å². The van der Waals surface area contributed by atoms with Gasteiger partial charge in [-0.05, 0) is 39.3 Å². The Labute approximate surface area is 156 Å². The van der Waals surface area contributed by atoms with Gasteiger partial charge in [-0.3, -0.25) is 9.58 Å². The Morgan fingerprint density at radius 1 is 1.04 bits per heavy atom. The van der Waals surface area contributed by atoms with Crippen LogP contribution < -0.4 is 0 Å². The molecule has 6 nitrogen and oxygen atoms in total. The van der Waals surface area contributed by atoms with E-state index in [9.17, 15) is 8.42 Å². The quantitative estimate of drug-likeness (QED) is 0.821. The summed E-state index contributed by atoms with van der Waals surface area (Å²) in [5.41, 5.74) is 5.36. The molecule has 0 N–H and O–H groups in total. The summed E-state index contributed by atoms with van der Waals surface area (Å²) in [4.78, 5) is 2.74. The highest BCUT2D eigenvalue weighted by atomic mass is 32.2. The standard InChI is InChI=1S/C19H28N4O2S/c1-14-6-7-19(15(2)12-14)26(24,25)23-10-8-22(9-11-23)13-18-16(3)20-21(5)17(18)4/h6-7,12H,8-11,13H2,1-5H3. The molecule has 0 unspecified atom stereocenters. The van der Waals surface area contributed by atoms with Crippen LogP contribution in [0.1, 0.15) is 28.1 Å². The van der Waals surface area contributed by atoms with Crippen LogP contribution in [0.2, 0.25) is 0 Å². The first kappa shape index (κ1) is 19.1. The molecular weight excluding hydrogens is 348 g/mol. The van der Waals surface area contributed by atoms with E-state index in [1.807, 2.05) is 44.6 Å². The zero-order chi connectivity index (χ0) is 19.1. The van der Waals surface area contributed by atoms with Gasteiger partial charge in [-0.2, -0.15) is 9.40 Å². The smallest absolute Gasteiger partial charge is 0.243 e. The van der Waals surface area contributed by atoms with E-state index >= 15 is 0 Å². The Morgan fingerprint density at radius 3 is 2.23 bits per heavy atom. The molecule has 1 aliphatic rings. The third kappa shape index (κ3) is 3.56. The zero-order valence-corrected chi connectivity index (χ0v) is 17.1. The van der Waals surface area contributed by atoms with Crippen LogP contribution in [0.25, 0.3) is 0 Å². The SMILES string of the molecule is Cc1ccc(S(=O)(=O)N2CCN(Cc3c(C)nn(C)c3C)CC2)c(C)c1. The number of rotatable bonds is 4. The summed E-state index contributed by atoms with van der Waals surface area (Å²) in [6, 6.07) is 5.52. The molecule has 7 heteroatoms. The topological polar surface area (TPSA) is 58.4 Å². The summed E-state index contributed by atoms with van der Waals surface area (Å²) < 4.78 is 29.5. The van der Waals surface area contributed by atoms with Crippen molar-refractivity contribution in [3.8, 4) is 0 Å². The van der Waals surface area contributed by atoms with Gasteiger partial charge in [0, 0.05) is 51.0 Å². The fourth-order valence-electron chi connectivity index (χ4n) is 3.63. The second-order valence-corrected chi connectivity index (χ2v) is 9.13. The third-order valence-electron chi connectivity index (χ3n) is 5.32. The van der Waals surface area contributed by atoms with E-state index in [0.29, 0.717) is 18.0 Å². The van der Waals surface area contributed by atoms with E-state index in [1.165, 1.54) is 11.3 Å². The monoisotopic (exact) mass is 376 g/mol. The highest BCUT2D eigenvalue weighted by Gasteiger charge is 2.30. The van der Waals surface area contributed by atoms with E-state index in [-0.39, 0.29) is 0 Å². The maximum atomic E-state index is 13.0. The van der Waals surface area contributed by atoms with Crippen molar-refractivity contribution in [3.63, 3.8) is 0 Å². The lowest BCUT2D eigenvalue weighted by Crippen LogP contribution is -2.48. The van der Waals surface area contributed by atoms with Gasteiger partial charge >= 0.3 is 0 Å². The lowest BCUT2D eigenvalue weighted by molar-refractivity contribution is 0.181. The van der Waals surface area contributed by atoms with Crippen LogP contribution in [-0.4, -0.2) is 53.6 Å². The maximum Gasteiger partial charge on any atom is 0.243 e. The molecule has 0 amide bonds. The summed E-state index contributed by atoms with van der Waals surface area (Å²) >= 11 is 0. The summed E-state index contributed by atoms with van der Waals surface area (Å²) in [7, 11) is -1.47. The molecule has 3 rings (SSSR count). The lowest BCUT2D eigenvalue weighted by atomic mass is 10.1. The number of hydrogen-bond acceptors (Lipinski definition) is 4. The normalized spacial score (nSPS) is 17.0. The Kier molecular flexibility index (Phi) is 5.23. The number of hydrogen-bond donors (Lipinski definition) is 0. The molecule has 0 bridgehead atoms. The molecule has 0 atom stereocenters. The number of sulfonamides is 1. The van der Waals surface area contributed by atoms with Gasteiger partial charge in [0.25, 0.3) is 0 Å². The first-order chi connectivity index (χ1) is 12.2. The van der Waals surface area contributed by atoms with Crippen molar-refractivity contribution in [2.24, 2.45) is 7.05 Å². The molecule has 0 spiro atoms. The van der Waals surface area contributed by atoms with Gasteiger partial charge in [-0.25, -0.2) is 8.42 Å². The van der Waals surface area contributed by atoms with Crippen molar-refractivity contribution < 1.29 is 8.42 Å². The van der Waals surface area contributed by atoms with E-state index in [4.69, 9.17) is 0 Å². The third-order valence-corrected chi connectivity index (χ3v) is 7.38. The summed E-state index contributed by atoms with van der Waals surface area (Å²) in [5.74, 6) is 0. The molecule has 1 saturated heterocycles. The van der Waals surface area contributed by atoms with E-state index in [2.05, 4.69) is 16.9 Å². The van der Waals surface area contributed by atoms with Crippen LogP contribution in [0.5, 0.6) is 0 Å². The van der Waals surface area contributed by atoms with Crippen LogP contribution in [0.3, 0.4) is 0 Å². The molecule has 0 aliphatic carbocycles. The molecule has 142 valence electrons. The predicted molar refractivity (Wildman–Crippen MR) is 103 cm³/mol. The molecular formula is C19H28N4O2S. The molecule has 0 radical (unpaired) electrons. The van der Waals surface area contributed by atoms with Gasteiger partial charge in [-0.15, -0.1) is 0 Å². The van der Waals surface area contributed by atoms with Crippen LogP contribution in [-0.2, 0) is 23.6 Å². The molecule has 1 fully saturated rings. The van der Waals surface area contributed by atoms with Crippen LogP contribution in [0.4, 0.5) is 0 Å². The number of piperazine rings is 1. The first-order valence-corrected chi connectivity index (χ1v) is 10.4. The highest BCUT2D eigenvalue weighted by Crippen LogP contribution is 2.23. The Balaban J connectivity index is 1.70. The van der Waals surface area contributed by atoms with Crippen molar-refractivity contribution in [1.82, 2.24) is 19.0 Å². The molecule has 2 aromatic rings. The molecule has 2 heterocycles. The maximum absolute atomic E-state index is 13.0. The van der Waals surface area contributed by atoms with Gasteiger partial charge in [0.05, 0.1) is 10.6 Å². The molecule has 1 aromatic carbocycles. The minimum Gasteiger partial charge on any atom is -0.296 e. The van der Waals surface area contributed by atoms with Crippen molar-refractivity contribution in [1.29, 1.82) is 0 Å². The molecule has 1 aromatic heterocycles. The summed E-state index contributed by atoms with van der Waals surface area (Å²) in [6.07, 6.45) is 0. The molecule has 0 saturated carbocycles. The Bertz CT molecular complexity index is 910. The first-order valence-electron chi connectivity index (χ1n) is 8.99. The Hall–Kier alpha value is -1.70. The molecule has 1 aliphatic heterocycles. The van der Waals surface area contributed by atoms with Gasteiger partial charge in [0.2, 0.25) is 10.0 Å². The summed E-state index contributed by atoms with van der Waals surface area (Å²) in [5, 5.41) is 4.47. The van der Waals surface area contributed by atoms with Gasteiger partial charge < -0.3 is 0 Å². The molecule has 26 heavy (non-hydrogen) atoms. The minimum atomic E-state index is -3.43. The fraction of sp³-hybridized carbons (Fsp3) is 0.526. The summed E-state index contributed by atoms with van der Waals surface area (Å²) in [6.45, 7) is 11.3. The van der Waals surface area contributed by atoms with Crippen LogP contribution >= 0.6 is 0 Å². The van der Waals surface area contributed by atoms with Gasteiger partial charge in [-0.1, -0.05) is 17.7 Å². The average molecular weight is 377 g/mol. The lowest BCUT2D eigenvalue weighted by Gasteiger charge is -2.34. The number of aromatic nitrogens is 2. The zero-order valence-electron chi connectivity index (χ0n) is 16.3. The fourth-order valence-corrected chi connectivity index (χ4v) is 5.25.